The van der Waals surface area contributed by atoms with Crippen molar-refractivity contribution in [3.8, 4) is 44.5 Å². The predicted octanol–water partition coefficient (Wildman–Crippen LogP) is 9.11. The van der Waals surface area contributed by atoms with Gasteiger partial charge in [-0.15, -0.1) is 0 Å². The second-order valence-electron chi connectivity index (χ2n) is 14.2. The number of nitrogens with zero attached hydrogens (tertiary/aromatic N) is 3. The molecule has 14 nitrogen and oxygen atoms in total. The van der Waals surface area contributed by atoms with Crippen molar-refractivity contribution < 1.29 is 38.9 Å². The topological polar surface area (TPSA) is 238 Å². The standard InChI is InChI=1S/C45H29N5O9S4/c51-61(52,53)31-11-3-27(4-12-31)43-36-19-17-34(47-36)42(26-1-9-30(10-2-26)46-25-60)35-18-20-37(48-35)44(28-5-13-32(14-6-28)62(54,55)56)39-22-24-41(50-39)45(40-23-21-38(43)49-40)29-7-15-33(16-8-29)63(57,58)59/h1-24,47,50H,(H,51,52,53)(H,54,55,56)(H,57,58,59)/p-2. The number of isothiocyanates is 1. The van der Waals surface area contributed by atoms with Crippen molar-refractivity contribution in [3.63, 3.8) is 0 Å². The Labute approximate surface area is 365 Å². The van der Waals surface area contributed by atoms with Gasteiger partial charge in [0.2, 0.25) is 0 Å². The van der Waals surface area contributed by atoms with Gasteiger partial charge in [-0.3, -0.25) is 4.55 Å². The first-order valence-electron chi connectivity index (χ1n) is 18.6. The molecule has 2 aliphatic rings. The Hall–Kier alpha value is -6.99. The number of nitrogens with one attached hydrogen (secondary N) is 2. The summed E-state index contributed by atoms with van der Waals surface area (Å²) in [6.45, 7) is 0. The van der Waals surface area contributed by atoms with E-state index in [1.807, 2.05) is 36.4 Å². The van der Waals surface area contributed by atoms with E-state index in [1.165, 1.54) is 60.7 Å². The lowest BCUT2D eigenvalue weighted by Gasteiger charge is -2.10. The van der Waals surface area contributed by atoms with E-state index >= 15 is 0 Å². The van der Waals surface area contributed by atoms with Gasteiger partial charge in [-0.25, -0.2) is 26.8 Å². The highest BCUT2D eigenvalue weighted by Crippen LogP contribution is 2.39. The van der Waals surface area contributed by atoms with Gasteiger partial charge in [0.1, 0.15) is 20.2 Å². The zero-order chi connectivity index (χ0) is 44.3. The van der Waals surface area contributed by atoms with Crippen LogP contribution in [0.25, 0.3) is 90.9 Å². The number of rotatable bonds is 8. The van der Waals surface area contributed by atoms with Crippen molar-refractivity contribution in [2.24, 2.45) is 4.99 Å². The number of fused-ring (bicyclic) bond motifs is 8. The minimum atomic E-state index is -4.77. The van der Waals surface area contributed by atoms with Gasteiger partial charge >= 0.3 is 0 Å². The number of thiocarbonyl (C=S) groups is 1. The minimum Gasteiger partial charge on any atom is -0.744 e. The van der Waals surface area contributed by atoms with Gasteiger partial charge in [0.25, 0.3) is 10.1 Å². The molecule has 2 aliphatic heterocycles. The van der Waals surface area contributed by atoms with Gasteiger partial charge < -0.3 is 19.1 Å². The third kappa shape index (κ3) is 8.12. The molecule has 0 amide bonds. The molecule has 0 unspecified atom stereocenters. The molecular weight excluding hydrogens is 883 g/mol. The Kier molecular flexibility index (Phi) is 10.3. The van der Waals surface area contributed by atoms with Crippen LogP contribution in [0.3, 0.4) is 0 Å². The molecular formula is C45H27N5O9S4-2. The minimum absolute atomic E-state index is 0.303. The maximum absolute atomic E-state index is 12.0. The highest BCUT2D eigenvalue weighted by atomic mass is 32.2. The van der Waals surface area contributed by atoms with Crippen LogP contribution in [0.4, 0.5) is 5.69 Å². The van der Waals surface area contributed by atoms with E-state index in [9.17, 15) is 38.9 Å². The van der Waals surface area contributed by atoms with E-state index in [4.69, 9.17) is 22.2 Å². The molecule has 0 aliphatic carbocycles. The van der Waals surface area contributed by atoms with Crippen LogP contribution in [0, 0.1) is 0 Å². The number of aromatic nitrogens is 4. The molecule has 5 heterocycles. The molecule has 0 spiro atoms. The normalized spacial score (nSPS) is 12.6. The highest BCUT2D eigenvalue weighted by molar-refractivity contribution is 7.86. The summed E-state index contributed by atoms with van der Waals surface area (Å²) in [5.41, 5.74) is 9.27. The first kappa shape index (κ1) is 41.4. The molecule has 63 heavy (non-hydrogen) atoms. The lowest BCUT2D eigenvalue weighted by Crippen LogP contribution is -1.98. The van der Waals surface area contributed by atoms with Crippen molar-refractivity contribution in [2.75, 3.05) is 0 Å². The molecule has 312 valence electrons. The van der Waals surface area contributed by atoms with Crippen molar-refractivity contribution in [1.82, 2.24) is 19.9 Å². The van der Waals surface area contributed by atoms with E-state index in [0.717, 1.165) is 5.56 Å². The van der Waals surface area contributed by atoms with Crippen molar-refractivity contribution in [2.45, 2.75) is 14.7 Å². The van der Waals surface area contributed by atoms with Crippen LogP contribution in [-0.2, 0) is 30.4 Å². The zero-order valence-electron chi connectivity index (χ0n) is 32.0. The smallest absolute Gasteiger partial charge is 0.294 e. The highest BCUT2D eigenvalue weighted by Gasteiger charge is 2.20. The Bertz CT molecular complexity index is 3600. The number of hydrogen-bond acceptors (Lipinski definition) is 12. The summed E-state index contributed by atoms with van der Waals surface area (Å²) in [5.74, 6) is 0. The molecule has 9 rings (SSSR count). The van der Waals surface area contributed by atoms with E-state index in [2.05, 4.69) is 20.1 Å². The third-order valence-corrected chi connectivity index (χ3v) is 13.0. The van der Waals surface area contributed by atoms with Crippen molar-refractivity contribution >= 4 is 99.8 Å². The van der Waals surface area contributed by atoms with Crippen LogP contribution >= 0.6 is 12.2 Å². The van der Waals surface area contributed by atoms with Gasteiger partial charge in [-0.1, -0.05) is 48.5 Å². The van der Waals surface area contributed by atoms with Gasteiger partial charge in [0.05, 0.1) is 48.3 Å². The van der Waals surface area contributed by atoms with Crippen molar-refractivity contribution in [3.05, 3.63) is 144 Å². The van der Waals surface area contributed by atoms with Gasteiger partial charge in [0, 0.05) is 44.3 Å². The number of H-pyrrole nitrogens is 2. The maximum Gasteiger partial charge on any atom is 0.294 e. The van der Waals surface area contributed by atoms with Crippen molar-refractivity contribution in [1.29, 1.82) is 0 Å². The van der Waals surface area contributed by atoms with Crippen LogP contribution in [0.1, 0.15) is 22.8 Å². The molecule has 7 aromatic rings. The first-order chi connectivity index (χ1) is 30.0. The van der Waals surface area contributed by atoms with Crippen LogP contribution < -0.4 is 0 Å². The Morgan fingerprint density at radius 1 is 0.460 bits per heavy atom. The second kappa shape index (κ2) is 15.7. The monoisotopic (exact) mass is 909 g/mol. The molecule has 0 fully saturated rings. The molecule has 18 heteroatoms. The average molecular weight is 910 g/mol. The van der Waals surface area contributed by atoms with Gasteiger partial charge in [-0.05, 0) is 132 Å². The number of aromatic amines is 2. The number of benzene rings is 4. The quantitative estimate of drug-likeness (QED) is 0.0735. The van der Waals surface area contributed by atoms with Gasteiger partial charge in [0.15, 0.2) is 0 Å². The van der Waals surface area contributed by atoms with E-state index in [1.54, 1.807) is 48.6 Å². The van der Waals surface area contributed by atoms with Crippen LogP contribution in [0.2, 0.25) is 0 Å². The van der Waals surface area contributed by atoms with Gasteiger partial charge in [-0.2, -0.15) is 13.4 Å². The summed E-state index contributed by atoms with van der Waals surface area (Å²) in [5, 5.41) is 2.37. The van der Waals surface area contributed by atoms with Crippen LogP contribution in [0.5, 0.6) is 0 Å². The van der Waals surface area contributed by atoms with E-state index in [-0.39, 0.29) is 4.90 Å². The molecule has 0 atom stereocenters. The molecule has 4 aromatic carbocycles. The summed E-state index contributed by atoms with van der Waals surface area (Å²) in [7, 11) is -14.0. The maximum atomic E-state index is 12.0. The van der Waals surface area contributed by atoms with Crippen LogP contribution in [0.15, 0.2) is 141 Å². The summed E-state index contributed by atoms with van der Waals surface area (Å²) >= 11 is 4.82. The van der Waals surface area contributed by atoms with Crippen LogP contribution in [-0.4, -0.2) is 64.0 Å². The number of aliphatic imine (C=N–C) groups is 1. The first-order valence-corrected chi connectivity index (χ1v) is 23.3. The average Bonchev–Trinajstić information content (AvgIpc) is 4.09. The Morgan fingerprint density at radius 3 is 1.02 bits per heavy atom. The second-order valence-corrected chi connectivity index (χ2v) is 18.6. The summed E-state index contributed by atoms with van der Waals surface area (Å²) in [4.78, 5) is 20.2. The molecule has 0 radical (unpaired) electrons. The summed E-state index contributed by atoms with van der Waals surface area (Å²) < 4.78 is 105. The Morgan fingerprint density at radius 2 is 0.746 bits per heavy atom. The largest absolute Gasteiger partial charge is 0.744 e. The van der Waals surface area contributed by atoms with E-state index < -0.39 is 40.1 Å². The molecule has 3 N–H and O–H groups in total. The SMILES string of the molecule is O=S(=O)([O-])c1ccc(-c2c3nc(c(-c4ccc(S(=O)(=O)[O-])cc4)c4ccc([nH]4)c(-c4ccc(S(=O)(=O)O)cc4)c4nc(c(-c5ccc(N=C=S)cc5)c5ccc2[nH]5)C=C4)C=C3)cc1. The molecule has 0 saturated carbocycles. The van der Waals surface area contributed by atoms with E-state index in [0.29, 0.717) is 89.5 Å². The predicted molar refractivity (Wildman–Crippen MR) is 241 cm³/mol. The molecule has 3 aromatic heterocycles. The lowest BCUT2D eigenvalue weighted by atomic mass is 10.0. The summed E-state index contributed by atoms with van der Waals surface area (Å²) in [6, 6.07) is 31.1. The lowest BCUT2D eigenvalue weighted by molar-refractivity contribution is 0.461. The third-order valence-electron chi connectivity index (χ3n) is 10.4. The fourth-order valence-electron chi connectivity index (χ4n) is 7.55. The summed E-state index contributed by atoms with van der Waals surface area (Å²) in [6.07, 6.45) is 7.17. The fourth-order valence-corrected chi connectivity index (χ4v) is 9.07. The fraction of sp³-hybridized carbons (Fsp3) is 0. The zero-order valence-corrected chi connectivity index (χ0v) is 35.3. The molecule has 8 bridgehead atoms. The number of hydrogen-bond donors (Lipinski definition) is 3. The Balaban J connectivity index is 1.43. The molecule has 0 saturated heterocycles.